The van der Waals surface area contributed by atoms with E-state index < -0.39 is 5.97 Å². The van der Waals surface area contributed by atoms with Gasteiger partial charge in [-0.2, -0.15) is 0 Å². The maximum Gasteiger partial charge on any atom is 0.342 e. The third kappa shape index (κ3) is 3.52. The second-order valence-electron chi connectivity index (χ2n) is 5.00. The molecule has 0 aliphatic rings. The first-order valence-electron chi connectivity index (χ1n) is 6.93. The van der Waals surface area contributed by atoms with Crippen LogP contribution in [-0.4, -0.2) is 25.5 Å². The van der Waals surface area contributed by atoms with E-state index >= 15 is 0 Å². The highest BCUT2D eigenvalue weighted by molar-refractivity contribution is 6.00. The number of benzene rings is 2. The number of hydrogen-bond acceptors (Lipinski definition) is 4. The van der Waals surface area contributed by atoms with Crippen LogP contribution in [0.4, 0.5) is 0 Å². The molecular weight excluding hydrogens is 280 g/mol. The van der Waals surface area contributed by atoms with Crippen molar-refractivity contribution < 1.29 is 19.1 Å². The molecule has 0 aromatic heterocycles. The molecule has 0 radical (unpaired) electrons. The van der Waals surface area contributed by atoms with Gasteiger partial charge in [-0.05, 0) is 43.2 Å². The van der Waals surface area contributed by atoms with Crippen LogP contribution in [0.1, 0.15) is 31.8 Å². The first kappa shape index (κ1) is 15.8. The third-order valence-electron chi connectivity index (χ3n) is 3.49. The monoisotopic (exact) mass is 298 g/mol. The van der Waals surface area contributed by atoms with Crippen LogP contribution in [0.5, 0.6) is 5.75 Å². The Kier molecular flexibility index (Phi) is 4.94. The number of aryl methyl sites for hydroxylation is 2. The summed E-state index contributed by atoms with van der Waals surface area (Å²) in [5.74, 6) is -0.382. The molecule has 2 aromatic rings. The van der Waals surface area contributed by atoms with Gasteiger partial charge in [-0.1, -0.05) is 24.3 Å². The van der Waals surface area contributed by atoms with Gasteiger partial charge < -0.3 is 9.47 Å². The SMILES string of the molecule is COc1ccccc1C(=O)OCC(=O)c1ccc(C)c(C)c1. The van der Waals surface area contributed by atoms with Crippen LogP contribution in [-0.2, 0) is 4.74 Å². The summed E-state index contributed by atoms with van der Waals surface area (Å²) in [7, 11) is 1.48. The van der Waals surface area contributed by atoms with Crippen molar-refractivity contribution in [3.05, 3.63) is 64.7 Å². The molecule has 114 valence electrons. The maximum absolute atomic E-state index is 12.1. The Morgan fingerprint density at radius 1 is 1.00 bits per heavy atom. The predicted octanol–water partition coefficient (Wildman–Crippen LogP) is 3.35. The van der Waals surface area contributed by atoms with Crippen molar-refractivity contribution in [2.24, 2.45) is 0 Å². The summed E-state index contributed by atoms with van der Waals surface area (Å²) < 4.78 is 10.2. The van der Waals surface area contributed by atoms with E-state index in [1.54, 1.807) is 36.4 Å². The summed E-state index contributed by atoms with van der Waals surface area (Å²) in [4.78, 5) is 24.1. The van der Waals surface area contributed by atoms with Gasteiger partial charge in [0.2, 0.25) is 0 Å². The largest absolute Gasteiger partial charge is 0.496 e. The van der Waals surface area contributed by atoms with Crippen molar-refractivity contribution >= 4 is 11.8 Å². The zero-order valence-corrected chi connectivity index (χ0v) is 12.9. The fourth-order valence-corrected chi connectivity index (χ4v) is 2.02. The lowest BCUT2D eigenvalue weighted by Crippen LogP contribution is -2.15. The van der Waals surface area contributed by atoms with Gasteiger partial charge in [-0.25, -0.2) is 4.79 Å². The van der Waals surface area contributed by atoms with Gasteiger partial charge in [0.15, 0.2) is 12.4 Å². The van der Waals surface area contributed by atoms with Crippen molar-refractivity contribution in [3.63, 3.8) is 0 Å². The number of Topliss-reactive ketones (excluding diaryl/α,β-unsaturated/α-hetero) is 1. The second-order valence-corrected chi connectivity index (χ2v) is 5.00. The summed E-state index contributed by atoms with van der Waals surface area (Å²) in [6, 6.07) is 12.2. The average Bonchev–Trinajstić information content (AvgIpc) is 2.54. The lowest BCUT2D eigenvalue weighted by Gasteiger charge is -2.08. The summed E-state index contributed by atoms with van der Waals surface area (Å²) in [5.41, 5.74) is 2.98. The molecule has 0 spiro atoms. The van der Waals surface area contributed by atoms with Crippen LogP contribution >= 0.6 is 0 Å². The topological polar surface area (TPSA) is 52.6 Å². The number of carbonyl (C=O) groups is 2. The van der Waals surface area contributed by atoms with E-state index in [1.807, 2.05) is 19.9 Å². The minimum Gasteiger partial charge on any atom is -0.496 e. The lowest BCUT2D eigenvalue weighted by molar-refractivity contribution is 0.0471. The van der Waals surface area contributed by atoms with E-state index in [0.717, 1.165) is 11.1 Å². The molecule has 2 rings (SSSR count). The van der Waals surface area contributed by atoms with Crippen LogP contribution in [0, 0.1) is 13.8 Å². The average molecular weight is 298 g/mol. The van der Waals surface area contributed by atoms with Crippen molar-refractivity contribution in [2.75, 3.05) is 13.7 Å². The van der Waals surface area contributed by atoms with Crippen molar-refractivity contribution in [1.82, 2.24) is 0 Å². The molecule has 0 atom stereocenters. The third-order valence-corrected chi connectivity index (χ3v) is 3.49. The van der Waals surface area contributed by atoms with Crippen molar-refractivity contribution in [3.8, 4) is 5.75 Å². The Morgan fingerprint density at radius 2 is 1.73 bits per heavy atom. The predicted molar refractivity (Wildman–Crippen MR) is 83.5 cm³/mol. The van der Waals surface area contributed by atoms with E-state index in [2.05, 4.69) is 0 Å². The van der Waals surface area contributed by atoms with E-state index in [-0.39, 0.29) is 12.4 Å². The van der Waals surface area contributed by atoms with Gasteiger partial charge in [0.1, 0.15) is 11.3 Å². The molecule has 0 heterocycles. The molecule has 0 bridgehead atoms. The second kappa shape index (κ2) is 6.89. The van der Waals surface area contributed by atoms with Crippen LogP contribution in [0.3, 0.4) is 0 Å². The molecular formula is C18H18O4. The number of carbonyl (C=O) groups excluding carboxylic acids is 2. The van der Waals surface area contributed by atoms with Crippen LogP contribution < -0.4 is 4.74 Å². The molecule has 22 heavy (non-hydrogen) atoms. The van der Waals surface area contributed by atoms with Crippen LogP contribution in [0.25, 0.3) is 0 Å². The molecule has 0 amide bonds. The number of para-hydroxylation sites is 1. The zero-order valence-electron chi connectivity index (χ0n) is 12.9. The number of rotatable bonds is 5. The lowest BCUT2D eigenvalue weighted by atomic mass is 10.0. The highest BCUT2D eigenvalue weighted by atomic mass is 16.5. The molecule has 4 nitrogen and oxygen atoms in total. The quantitative estimate of drug-likeness (QED) is 0.627. The normalized spacial score (nSPS) is 10.1. The Bertz CT molecular complexity index is 704. The summed E-state index contributed by atoms with van der Waals surface area (Å²) in [6.07, 6.45) is 0. The molecule has 0 aliphatic heterocycles. The van der Waals surface area contributed by atoms with Crippen molar-refractivity contribution in [1.29, 1.82) is 0 Å². The fraction of sp³-hybridized carbons (Fsp3) is 0.222. The molecule has 0 aliphatic carbocycles. The molecule has 0 fully saturated rings. The van der Waals surface area contributed by atoms with Crippen LogP contribution in [0.2, 0.25) is 0 Å². The van der Waals surface area contributed by atoms with Gasteiger partial charge in [-0.15, -0.1) is 0 Å². The Labute approximate surface area is 129 Å². The zero-order chi connectivity index (χ0) is 16.1. The Balaban J connectivity index is 2.04. The molecule has 2 aromatic carbocycles. The van der Waals surface area contributed by atoms with E-state index in [0.29, 0.717) is 16.9 Å². The first-order valence-corrected chi connectivity index (χ1v) is 6.93. The van der Waals surface area contributed by atoms with E-state index in [9.17, 15) is 9.59 Å². The summed E-state index contributed by atoms with van der Waals surface area (Å²) in [5, 5.41) is 0. The molecule has 0 N–H and O–H groups in total. The molecule has 0 saturated heterocycles. The van der Waals surface area contributed by atoms with Crippen molar-refractivity contribution in [2.45, 2.75) is 13.8 Å². The van der Waals surface area contributed by atoms with E-state index in [4.69, 9.17) is 9.47 Å². The summed E-state index contributed by atoms with van der Waals surface area (Å²) in [6.45, 7) is 3.62. The first-order chi connectivity index (χ1) is 10.5. The highest BCUT2D eigenvalue weighted by Gasteiger charge is 2.15. The number of esters is 1. The van der Waals surface area contributed by atoms with E-state index in [1.165, 1.54) is 7.11 Å². The summed E-state index contributed by atoms with van der Waals surface area (Å²) >= 11 is 0. The fourth-order valence-electron chi connectivity index (χ4n) is 2.02. The highest BCUT2D eigenvalue weighted by Crippen LogP contribution is 2.18. The van der Waals surface area contributed by atoms with Gasteiger partial charge in [-0.3, -0.25) is 4.79 Å². The number of methoxy groups -OCH3 is 1. The Hall–Kier alpha value is -2.62. The molecule has 0 saturated carbocycles. The van der Waals surface area contributed by atoms with Crippen LogP contribution in [0.15, 0.2) is 42.5 Å². The maximum atomic E-state index is 12.1. The van der Waals surface area contributed by atoms with Gasteiger partial charge >= 0.3 is 5.97 Å². The van der Waals surface area contributed by atoms with Gasteiger partial charge in [0, 0.05) is 5.56 Å². The molecule has 0 unspecified atom stereocenters. The number of hydrogen-bond donors (Lipinski definition) is 0. The van der Waals surface area contributed by atoms with Gasteiger partial charge in [0.25, 0.3) is 0 Å². The molecule has 4 heteroatoms. The Morgan fingerprint density at radius 3 is 2.41 bits per heavy atom. The number of ketones is 1. The standard InChI is InChI=1S/C18H18O4/c1-12-8-9-14(10-13(12)2)16(19)11-22-18(20)15-6-4-5-7-17(15)21-3/h4-10H,11H2,1-3H3. The minimum atomic E-state index is -0.574. The smallest absolute Gasteiger partial charge is 0.342 e. The minimum absolute atomic E-state index is 0.230. The van der Waals surface area contributed by atoms with Gasteiger partial charge in [0.05, 0.1) is 7.11 Å². The number of ether oxygens (including phenoxy) is 2.